The highest BCUT2D eigenvalue weighted by Crippen LogP contribution is 2.27. The third-order valence-corrected chi connectivity index (χ3v) is 4.63. The Morgan fingerprint density at radius 3 is 2.72 bits per heavy atom. The molecule has 1 aliphatic rings. The average Bonchev–Trinajstić information content (AvgIpc) is 2.73. The van der Waals surface area contributed by atoms with Crippen molar-refractivity contribution < 1.29 is 9.53 Å². The van der Waals surface area contributed by atoms with Crippen molar-refractivity contribution in [2.75, 3.05) is 30.9 Å². The van der Waals surface area contributed by atoms with Gasteiger partial charge in [0.05, 0.1) is 6.61 Å². The summed E-state index contributed by atoms with van der Waals surface area (Å²) in [6, 6.07) is 16.0. The van der Waals surface area contributed by atoms with Gasteiger partial charge in [-0.25, -0.2) is 4.79 Å². The molecule has 132 valence electrons. The van der Waals surface area contributed by atoms with Crippen LogP contribution in [0.4, 0.5) is 16.2 Å². The molecule has 0 aromatic heterocycles. The number of urea groups is 1. The number of hydrogen-bond donors (Lipinski definition) is 1. The van der Waals surface area contributed by atoms with Gasteiger partial charge in [0, 0.05) is 50.2 Å². The summed E-state index contributed by atoms with van der Waals surface area (Å²) in [7, 11) is 3.73. The van der Waals surface area contributed by atoms with Gasteiger partial charge < -0.3 is 19.9 Å². The van der Waals surface area contributed by atoms with E-state index in [1.165, 1.54) is 5.69 Å². The van der Waals surface area contributed by atoms with Crippen LogP contribution in [-0.4, -0.2) is 37.7 Å². The highest BCUT2D eigenvalue weighted by molar-refractivity contribution is 5.90. The zero-order chi connectivity index (χ0) is 17.8. The topological polar surface area (TPSA) is 44.8 Å². The molecule has 0 unspecified atom stereocenters. The van der Waals surface area contributed by atoms with Crippen molar-refractivity contribution in [3.05, 3.63) is 59.7 Å². The molecule has 0 radical (unpaired) electrons. The predicted molar refractivity (Wildman–Crippen MR) is 101 cm³/mol. The van der Waals surface area contributed by atoms with E-state index in [9.17, 15) is 4.79 Å². The summed E-state index contributed by atoms with van der Waals surface area (Å²) in [5.74, 6) is 0. The molecule has 0 saturated carbocycles. The molecule has 0 fully saturated rings. The van der Waals surface area contributed by atoms with Gasteiger partial charge in [-0.05, 0) is 24.6 Å². The van der Waals surface area contributed by atoms with E-state index < -0.39 is 0 Å². The number of anilines is 2. The Kier molecular flexibility index (Phi) is 5.24. The Bertz CT molecular complexity index is 747. The fourth-order valence-electron chi connectivity index (χ4n) is 3.33. The second-order valence-corrected chi connectivity index (χ2v) is 6.51. The molecule has 25 heavy (non-hydrogen) atoms. The summed E-state index contributed by atoms with van der Waals surface area (Å²) in [5, 5.41) is 3.06. The summed E-state index contributed by atoms with van der Waals surface area (Å²) < 4.78 is 5.23. The number of rotatable bonds is 3. The minimum absolute atomic E-state index is 0.0823. The Morgan fingerprint density at radius 2 is 1.92 bits per heavy atom. The lowest BCUT2D eigenvalue weighted by Gasteiger charge is -2.29. The molecule has 0 spiro atoms. The van der Waals surface area contributed by atoms with Crippen LogP contribution in [0.25, 0.3) is 0 Å². The first-order valence-corrected chi connectivity index (χ1v) is 8.53. The van der Waals surface area contributed by atoms with E-state index in [2.05, 4.69) is 36.3 Å². The van der Waals surface area contributed by atoms with E-state index in [0.717, 1.165) is 23.4 Å². The maximum Gasteiger partial charge on any atom is 0.322 e. The molecule has 2 amide bonds. The van der Waals surface area contributed by atoms with Gasteiger partial charge in [-0.2, -0.15) is 0 Å². The van der Waals surface area contributed by atoms with Crippen molar-refractivity contribution in [2.45, 2.75) is 26.1 Å². The van der Waals surface area contributed by atoms with Gasteiger partial charge in [-0.1, -0.05) is 36.4 Å². The second-order valence-electron chi connectivity index (χ2n) is 6.51. The first-order chi connectivity index (χ1) is 12.1. The molecular formula is C20H25N3O2. The van der Waals surface area contributed by atoms with Crippen molar-refractivity contribution in [3.8, 4) is 0 Å². The minimum atomic E-state index is -0.0823. The van der Waals surface area contributed by atoms with Crippen LogP contribution in [0, 0.1) is 0 Å². The summed E-state index contributed by atoms with van der Waals surface area (Å²) in [6.45, 7) is 3.95. The van der Waals surface area contributed by atoms with Gasteiger partial charge in [0.25, 0.3) is 0 Å². The number of benzene rings is 2. The van der Waals surface area contributed by atoms with Crippen LogP contribution in [0.15, 0.2) is 48.5 Å². The normalized spacial score (nSPS) is 17.0. The molecule has 0 saturated heterocycles. The van der Waals surface area contributed by atoms with E-state index in [1.807, 2.05) is 41.3 Å². The van der Waals surface area contributed by atoms with E-state index >= 15 is 0 Å². The zero-order valence-electron chi connectivity index (χ0n) is 15.0. The highest BCUT2D eigenvalue weighted by Gasteiger charge is 2.27. The largest absolute Gasteiger partial charge is 0.380 e. The smallest absolute Gasteiger partial charge is 0.322 e. The van der Waals surface area contributed by atoms with Crippen LogP contribution in [0.2, 0.25) is 0 Å². The number of likely N-dealkylation sites (N-methyl/N-ethyl adjacent to an activating group) is 1. The first kappa shape index (κ1) is 17.3. The van der Waals surface area contributed by atoms with Crippen molar-refractivity contribution >= 4 is 17.4 Å². The Balaban J connectivity index is 1.82. The molecule has 1 N–H and O–H groups in total. The number of hydrogen-bond acceptors (Lipinski definition) is 3. The second kappa shape index (κ2) is 7.57. The van der Waals surface area contributed by atoms with Crippen molar-refractivity contribution in [2.24, 2.45) is 0 Å². The number of carbonyl (C=O) groups is 1. The number of fused-ring (bicyclic) bond motifs is 1. The molecule has 5 nitrogen and oxygen atoms in total. The Morgan fingerprint density at radius 1 is 1.20 bits per heavy atom. The fourth-order valence-corrected chi connectivity index (χ4v) is 3.33. The zero-order valence-corrected chi connectivity index (χ0v) is 15.0. The summed E-state index contributed by atoms with van der Waals surface area (Å²) in [6.07, 6.45) is 0. The number of para-hydroxylation sites is 2. The molecule has 2 aromatic carbocycles. The molecule has 1 atom stereocenters. The summed E-state index contributed by atoms with van der Waals surface area (Å²) in [5.41, 5.74) is 4.12. The van der Waals surface area contributed by atoms with Crippen LogP contribution in [-0.2, 0) is 17.9 Å². The Hall–Kier alpha value is -2.53. The molecule has 0 aliphatic carbocycles. The van der Waals surface area contributed by atoms with Gasteiger partial charge in [0.1, 0.15) is 0 Å². The first-order valence-electron chi connectivity index (χ1n) is 8.53. The monoisotopic (exact) mass is 339 g/mol. The van der Waals surface area contributed by atoms with Crippen molar-refractivity contribution in [1.29, 1.82) is 0 Å². The number of carbonyl (C=O) groups excluding carboxylic acids is 1. The standard InChI is InChI=1S/C20H25N3O2/c1-15-12-22(2)19-11-7-5-8-16(19)13-23(15)20(24)21-18-10-6-4-9-17(18)14-25-3/h4-11,15H,12-14H2,1-3H3,(H,21,24)/t15-/m1/s1. The predicted octanol–water partition coefficient (Wildman–Crippen LogP) is 3.71. The van der Waals surface area contributed by atoms with Crippen LogP contribution in [0.3, 0.4) is 0 Å². The van der Waals surface area contributed by atoms with E-state index in [0.29, 0.717) is 13.2 Å². The lowest BCUT2D eigenvalue weighted by atomic mass is 10.1. The van der Waals surface area contributed by atoms with Gasteiger partial charge in [0.2, 0.25) is 0 Å². The minimum Gasteiger partial charge on any atom is -0.380 e. The third-order valence-electron chi connectivity index (χ3n) is 4.63. The van der Waals surface area contributed by atoms with Gasteiger partial charge in [-0.3, -0.25) is 0 Å². The van der Waals surface area contributed by atoms with Crippen LogP contribution in [0.1, 0.15) is 18.1 Å². The number of nitrogens with zero attached hydrogens (tertiary/aromatic N) is 2. The number of nitrogens with one attached hydrogen (secondary N) is 1. The summed E-state index contributed by atoms with van der Waals surface area (Å²) in [4.78, 5) is 17.1. The average molecular weight is 339 g/mol. The number of amides is 2. The maximum absolute atomic E-state index is 13.0. The molecule has 1 heterocycles. The lowest BCUT2D eigenvalue weighted by Crippen LogP contribution is -2.44. The maximum atomic E-state index is 13.0. The molecule has 0 bridgehead atoms. The number of ether oxygens (including phenoxy) is 1. The van der Waals surface area contributed by atoms with Gasteiger partial charge >= 0.3 is 6.03 Å². The van der Waals surface area contributed by atoms with Crippen LogP contribution in [0.5, 0.6) is 0 Å². The van der Waals surface area contributed by atoms with E-state index in [1.54, 1.807) is 7.11 Å². The van der Waals surface area contributed by atoms with Crippen molar-refractivity contribution in [3.63, 3.8) is 0 Å². The van der Waals surface area contributed by atoms with Gasteiger partial charge in [-0.15, -0.1) is 0 Å². The highest BCUT2D eigenvalue weighted by atomic mass is 16.5. The molecule has 2 aromatic rings. The number of methoxy groups -OCH3 is 1. The SMILES string of the molecule is COCc1ccccc1NC(=O)N1Cc2ccccc2N(C)C[C@H]1C. The fraction of sp³-hybridized carbons (Fsp3) is 0.350. The van der Waals surface area contributed by atoms with Crippen molar-refractivity contribution in [1.82, 2.24) is 4.90 Å². The van der Waals surface area contributed by atoms with Gasteiger partial charge in [0.15, 0.2) is 0 Å². The van der Waals surface area contributed by atoms with Crippen LogP contribution >= 0.6 is 0 Å². The molecular weight excluding hydrogens is 314 g/mol. The third kappa shape index (κ3) is 3.77. The Labute approximate surface area is 149 Å². The summed E-state index contributed by atoms with van der Waals surface area (Å²) >= 11 is 0. The van der Waals surface area contributed by atoms with E-state index in [-0.39, 0.29) is 12.1 Å². The molecule has 5 heteroatoms. The van der Waals surface area contributed by atoms with E-state index in [4.69, 9.17) is 4.74 Å². The quantitative estimate of drug-likeness (QED) is 0.927. The molecule has 1 aliphatic heterocycles. The lowest BCUT2D eigenvalue weighted by molar-refractivity contribution is 0.184. The molecule has 3 rings (SSSR count). The van der Waals surface area contributed by atoms with Crippen LogP contribution < -0.4 is 10.2 Å².